The quantitative estimate of drug-likeness (QED) is 0.567. The fraction of sp³-hybridized carbons (Fsp3) is 1.00. The van der Waals surface area contributed by atoms with Crippen LogP contribution in [0.2, 0.25) is 0 Å². The summed E-state index contributed by atoms with van der Waals surface area (Å²) in [7, 11) is 2.20. The molecule has 2 aliphatic rings. The Morgan fingerprint density at radius 2 is 1.31 bits per heavy atom. The fourth-order valence-corrected chi connectivity index (χ4v) is 2.01. The number of hydrogen-bond donors (Lipinski definition) is 1. The first-order valence-corrected chi connectivity index (χ1v) is 5.25. The van der Waals surface area contributed by atoms with Crippen LogP contribution in [0.15, 0.2) is 0 Å². The number of piperazine rings is 2. The number of nitrogens with one attached hydrogen (secondary N) is 1. The molecule has 4 heteroatoms. The second-order valence-corrected chi connectivity index (χ2v) is 3.96. The minimum absolute atomic E-state index is 1.15. The van der Waals surface area contributed by atoms with Gasteiger partial charge >= 0.3 is 0 Å². The topological polar surface area (TPSA) is 21.8 Å². The van der Waals surface area contributed by atoms with Gasteiger partial charge in [0.05, 0.1) is 0 Å². The first-order valence-electron chi connectivity index (χ1n) is 5.25. The van der Waals surface area contributed by atoms with Crippen LogP contribution in [-0.2, 0) is 0 Å². The zero-order valence-electron chi connectivity index (χ0n) is 8.50. The second-order valence-electron chi connectivity index (χ2n) is 3.96. The van der Waals surface area contributed by atoms with Crippen molar-refractivity contribution in [3.63, 3.8) is 0 Å². The van der Waals surface area contributed by atoms with Crippen molar-refractivity contribution >= 4 is 0 Å². The molecule has 2 fully saturated rings. The maximum Gasteiger partial charge on any atom is 0.0261 e. The predicted molar refractivity (Wildman–Crippen MR) is 53.5 cm³/mol. The molecule has 0 aromatic rings. The predicted octanol–water partition coefficient (Wildman–Crippen LogP) is -0.946. The molecule has 2 aliphatic heterocycles. The second kappa shape index (κ2) is 4.37. The van der Waals surface area contributed by atoms with Crippen LogP contribution in [0.5, 0.6) is 0 Å². The van der Waals surface area contributed by atoms with E-state index in [0.29, 0.717) is 0 Å². The van der Waals surface area contributed by atoms with Gasteiger partial charge in [-0.25, -0.2) is 10.0 Å². The van der Waals surface area contributed by atoms with Crippen LogP contribution in [0.3, 0.4) is 0 Å². The van der Waals surface area contributed by atoms with E-state index in [1.54, 1.807) is 0 Å². The molecule has 4 nitrogen and oxygen atoms in total. The summed E-state index contributed by atoms with van der Waals surface area (Å²) in [6.45, 7) is 9.49. The summed E-state index contributed by atoms with van der Waals surface area (Å²) >= 11 is 0. The van der Waals surface area contributed by atoms with Gasteiger partial charge in [-0.2, -0.15) is 0 Å². The third-order valence-corrected chi connectivity index (χ3v) is 2.97. The van der Waals surface area contributed by atoms with E-state index >= 15 is 0 Å². The number of hydrogen-bond acceptors (Lipinski definition) is 4. The third-order valence-electron chi connectivity index (χ3n) is 2.97. The molecule has 2 saturated heterocycles. The Morgan fingerprint density at radius 3 is 1.92 bits per heavy atom. The van der Waals surface area contributed by atoms with Gasteiger partial charge in [0.25, 0.3) is 0 Å². The van der Waals surface area contributed by atoms with Crippen LogP contribution in [0.1, 0.15) is 0 Å². The highest BCUT2D eigenvalue weighted by Gasteiger charge is 2.20. The lowest BCUT2D eigenvalue weighted by Crippen LogP contribution is -2.57. The SMILES string of the molecule is CN1CCN(N2CCNCC2)CC1. The molecule has 0 amide bonds. The summed E-state index contributed by atoms with van der Waals surface area (Å²) in [5.74, 6) is 0. The van der Waals surface area contributed by atoms with Crippen LogP contribution in [0, 0.1) is 0 Å². The Hall–Kier alpha value is -0.160. The maximum atomic E-state index is 3.38. The molecule has 0 aromatic heterocycles. The van der Waals surface area contributed by atoms with E-state index in [2.05, 4.69) is 27.3 Å². The molecule has 2 rings (SSSR count). The molecule has 0 aliphatic carbocycles. The maximum absolute atomic E-state index is 3.38. The van der Waals surface area contributed by atoms with Crippen molar-refractivity contribution in [1.29, 1.82) is 0 Å². The van der Waals surface area contributed by atoms with Gasteiger partial charge in [-0.15, -0.1) is 0 Å². The van der Waals surface area contributed by atoms with Gasteiger partial charge in [0, 0.05) is 52.4 Å². The number of likely N-dealkylation sites (N-methyl/N-ethyl adjacent to an activating group) is 1. The summed E-state index contributed by atoms with van der Waals surface area (Å²) in [6.07, 6.45) is 0. The molecule has 0 saturated carbocycles. The summed E-state index contributed by atoms with van der Waals surface area (Å²) in [6, 6.07) is 0. The summed E-state index contributed by atoms with van der Waals surface area (Å²) < 4.78 is 0. The third kappa shape index (κ3) is 2.40. The Bertz CT molecular complexity index is 148. The molecule has 0 spiro atoms. The molecule has 0 bridgehead atoms. The molecular formula is C9H20N4. The molecule has 1 N–H and O–H groups in total. The van der Waals surface area contributed by atoms with Crippen molar-refractivity contribution in [2.45, 2.75) is 0 Å². The molecule has 0 aromatic carbocycles. The van der Waals surface area contributed by atoms with Crippen LogP contribution in [-0.4, -0.2) is 74.3 Å². The highest BCUT2D eigenvalue weighted by molar-refractivity contribution is 4.72. The van der Waals surface area contributed by atoms with E-state index in [9.17, 15) is 0 Å². The van der Waals surface area contributed by atoms with E-state index in [1.807, 2.05) is 0 Å². The molecule has 76 valence electrons. The van der Waals surface area contributed by atoms with Crippen molar-refractivity contribution < 1.29 is 0 Å². The zero-order valence-corrected chi connectivity index (χ0v) is 8.50. The lowest BCUT2D eigenvalue weighted by Gasteiger charge is -2.41. The molecule has 2 heterocycles. The van der Waals surface area contributed by atoms with E-state index in [-0.39, 0.29) is 0 Å². The lowest BCUT2D eigenvalue weighted by molar-refractivity contribution is -0.0600. The number of nitrogens with zero attached hydrogens (tertiary/aromatic N) is 3. The minimum Gasteiger partial charge on any atom is -0.314 e. The minimum atomic E-state index is 1.15. The summed E-state index contributed by atoms with van der Waals surface area (Å²) in [5.41, 5.74) is 0. The highest BCUT2D eigenvalue weighted by Crippen LogP contribution is 2.04. The van der Waals surface area contributed by atoms with Crippen LogP contribution in [0.25, 0.3) is 0 Å². The normalized spacial score (nSPS) is 29.3. The Morgan fingerprint density at radius 1 is 0.769 bits per heavy atom. The number of rotatable bonds is 1. The van der Waals surface area contributed by atoms with Crippen molar-refractivity contribution in [2.24, 2.45) is 0 Å². The van der Waals surface area contributed by atoms with Gasteiger partial charge in [-0.3, -0.25) is 0 Å². The van der Waals surface area contributed by atoms with Gasteiger partial charge in [-0.1, -0.05) is 0 Å². The molecular weight excluding hydrogens is 164 g/mol. The van der Waals surface area contributed by atoms with Crippen LogP contribution in [0.4, 0.5) is 0 Å². The monoisotopic (exact) mass is 184 g/mol. The smallest absolute Gasteiger partial charge is 0.0261 e. The molecule has 13 heavy (non-hydrogen) atoms. The van der Waals surface area contributed by atoms with E-state index in [0.717, 1.165) is 13.1 Å². The Labute approximate surface area is 80.4 Å². The van der Waals surface area contributed by atoms with E-state index < -0.39 is 0 Å². The summed E-state index contributed by atoms with van der Waals surface area (Å²) in [5, 5.41) is 8.40. The first kappa shape index (κ1) is 9.40. The zero-order chi connectivity index (χ0) is 9.10. The Balaban J connectivity index is 1.79. The first-order chi connectivity index (χ1) is 6.36. The average Bonchev–Trinajstić information content (AvgIpc) is 2.20. The van der Waals surface area contributed by atoms with Gasteiger partial charge < -0.3 is 10.2 Å². The lowest BCUT2D eigenvalue weighted by atomic mass is 10.3. The fourth-order valence-electron chi connectivity index (χ4n) is 2.01. The average molecular weight is 184 g/mol. The molecule has 0 unspecified atom stereocenters. The molecule has 0 radical (unpaired) electrons. The van der Waals surface area contributed by atoms with E-state index in [4.69, 9.17) is 0 Å². The number of hydrazine groups is 1. The van der Waals surface area contributed by atoms with Crippen molar-refractivity contribution in [1.82, 2.24) is 20.2 Å². The van der Waals surface area contributed by atoms with Gasteiger partial charge in [0.2, 0.25) is 0 Å². The molecule has 0 atom stereocenters. The van der Waals surface area contributed by atoms with Crippen LogP contribution >= 0.6 is 0 Å². The summed E-state index contributed by atoms with van der Waals surface area (Å²) in [4.78, 5) is 2.40. The van der Waals surface area contributed by atoms with Crippen molar-refractivity contribution in [3.05, 3.63) is 0 Å². The Kier molecular flexibility index (Phi) is 3.16. The van der Waals surface area contributed by atoms with Gasteiger partial charge in [-0.05, 0) is 7.05 Å². The standard InChI is InChI=1S/C9H20N4/c1-11-6-8-13(9-7-11)12-4-2-10-3-5-12/h10H,2-9H2,1H3. The largest absolute Gasteiger partial charge is 0.314 e. The van der Waals surface area contributed by atoms with E-state index in [1.165, 1.54) is 39.3 Å². The van der Waals surface area contributed by atoms with Crippen molar-refractivity contribution in [2.75, 3.05) is 59.4 Å². The highest BCUT2D eigenvalue weighted by atomic mass is 15.6. The van der Waals surface area contributed by atoms with Gasteiger partial charge in [0.15, 0.2) is 0 Å². The van der Waals surface area contributed by atoms with Crippen molar-refractivity contribution in [3.8, 4) is 0 Å². The van der Waals surface area contributed by atoms with Crippen LogP contribution < -0.4 is 5.32 Å². The van der Waals surface area contributed by atoms with Gasteiger partial charge in [0.1, 0.15) is 0 Å².